The Morgan fingerprint density at radius 1 is 1.07 bits per heavy atom. The fraction of sp³-hybridized carbons (Fsp3) is 0.167. The summed E-state index contributed by atoms with van der Waals surface area (Å²) in [5.41, 5.74) is 5.85. The molecule has 1 N–H and O–H groups in total. The lowest BCUT2D eigenvalue weighted by molar-refractivity contribution is -0.123. The quantitative estimate of drug-likeness (QED) is 0.449. The number of aryl methyl sites for hydroxylation is 2. The molecule has 0 unspecified atom stereocenters. The molecule has 0 saturated carbocycles. The number of carbonyl (C=O) groups excluding carboxylic acids is 1. The zero-order valence-corrected chi connectivity index (χ0v) is 17.5. The molecule has 4 rings (SSSR count). The topological polar surface area (TPSA) is 64.4 Å². The van der Waals surface area contributed by atoms with Gasteiger partial charge in [-0.3, -0.25) is 4.79 Å². The highest BCUT2D eigenvalue weighted by atomic mass is 35.5. The number of nitrogens with zero attached hydrogens (tertiary/aromatic N) is 1. The molecule has 0 radical (unpaired) electrons. The summed E-state index contributed by atoms with van der Waals surface area (Å²) in [6, 6.07) is 18.9. The third-order valence-electron chi connectivity index (χ3n) is 4.89. The first kappa shape index (κ1) is 20.0. The minimum atomic E-state index is -0.219. The van der Waals surface area contributed by atoms with Gasteiger partial charge in [-0.25, -0.2) is 4.98 Å². The maximum atomic E-state index is 12.0. The van der Waals surface area contributed by atoms with Crippen molar-refractivity contribution in [2.45, 2.75) is 20.4 Å². The monoisotopic (exact) mass is 420 g/mol. The predicted molar refractivity (Wildman–Crippen MR) is 118 cm³/mol. The van der Waals surface area contributed by atoms with Crippen LogP contribution in [0.3, 0.4) is 0 Å². The number of amides is 1. The zero-order chi connectivity index (χ0) is 21.1. The Kier molecular flexibility index (Phi) is 5.72. The summed E-state index contributed by atoms with van der Waals surface area (Å²) in [5, 5.41) is 3.31. The number of fused-ring (bicyclic) bond motifs is 1. The van der Waals surface area contributed by atoms with Gasteiger partial charge in [0.1, 0.15) is 11.3 Å². The number of hydrogen-bond donors (Lipinski definition) is 1. The Morgan fingerprint density at radius 3 is 2.57 bits per heavy atom. The van der Waals surface area contributed by atoms with Crippen LogP contribution in [-0.2, 0) is 11.3 Å². The van der Waals surface area contributed by atoms with E-state index >= 15 is 0 Å². The van der Waals surface area contributed by atoms with Crippen molar-refractivity contribution in [3.8, 4) is 17.2 Å². The van der Waals surface area contributed by atoms with Crippen LogP contribution in [0.4, 0.5) is 0 Å². The molecule has 1 heterocycles. The second-order valence-electron chi connectivity index (χ2n) is 7.12. The Hall–Kier alpha value is -3.31. The van der Waals surface area contributed by atoms with E-state index in [1.54, 1.807) is 18.2 Å². The van der Waals surface area contributed by atoms with Crippen LogP contribution < -0.4 is 10.1 Å². The highest BCUT2D eigenvalue weighted by Gasteiger charge is 2.10. The summed E-state index contributed by atoms with van der Waals surface area (Å²) in [4.78, 5) is 16.6. The van der Waals surface area contributed by atoms with E-state index in [2.05, 4.69) is 24.1 Å². The van der Waals surface area contributed by atoms with Crippen LogP contribution in [0.2, 0.25) is 5.02 Å². The summed E-state index contributed by atoms with van der Waals surface area (Å²) in [5.74, 6) is 0.852. The van der Waals surface area contributed by atoms with E-state index in [1.165, 1.54) is 11.1 Å². The molecule has 0 saturated heterocycles. The summed E-state index contributed by atoms with van der Waals surface area (Å²) in [6.07, 6.45) is 0. The van der Waals surface area contributed by atoms with Gasteiger partial charge in [0, 0.05) is 12.1 Å². The predicted octanol–water partition coefficient (Wildman–Crippen LogP) is 5.46. The van der Waals surface area contributed by atoms with Crippen molar-refractivity contribution in [2.75, 3.05) is 6.61 Å². The third-order valence-corrected chi connectivity index (χ3v) is 5.20. The maximum Gasteiger partial charge on any atom is 0.258 e. The number of ether oxygens (including phenoxy) is 1. The number of nitrogens with one attached hydrogen (secondary N) is 1. The van der Waals surface area contributed by atoms with Gasteiger partial charge in [-0.05, 0) is 66.9 Å². The highest BCUT2D eigenvalue weighted by Crippen LogP contribution is 2.26. The highest BCUT2D eigenvalue weighted by molar-refractivity contribution is 6.32. The van der Waals surface area contributed by atoms with Crippen LogP contribution in [0.15, 0.2) is 65.1 Å². The van der Waals surface area contributed by atoms with Crippen molar-refractivity contribution in [2.24, 2.45) is 0 Å². The summed E-state index contributed by atoms with van der Waals surface area (Å²) in [7, 11) is 0. The van der Waals surface area contributed by atoms with Crippen molar-refractivity contribution in [1.82, 2.24) is 10.3 Å². The fourth-order valence-corrected chi connectivity index (χ4v) is 3.22. The fourth-order valence-electron chi connectivity index (χ4n) is 3.03. The number of para-hydroxylation sites is 1. The lowest BCUT2D eigenvalue weighted by Gasteiger charge is -2.09. The molecule has 5 nitrogen and oxygen atoms in total. The first-order valence-corrected chi connectivity index (χ1v) is 9.98. The van der Waals surface area contributed by atoms with Crippen LogP contribution in [0.25, 0.3) is 22.6 Å². The van der Waals surface area contributed by atoms with Crippen molar-refractivity contribution in [1.29, 1.82) is 0 Å². The molecule has 0 bridgehead atoms. The van der Waals surface area contributed by atoms with Crippen LogP contribution in [-0.4, -0.2) is 17.5 Å². The first-order valence-electron chi connectivity index (χ1n) is 9.61. The Balaban J connectivity index is 1.36. The standard InChI is InChI=1S/C24H21ClN2O3/c1-15-11-20-22(12-16(15)2)30-24(27-20)18-9-7-17(8-10-18)13-26-23(28)14-29-21-6-4-3-5-19(21)25/h3-12H,13-14H2,1-2H3,(H,26,28). The van der Waals surface area contributed by atoms with Crippen LogP contribution >= 0.6 is 11.6 Å². The second-order valence-corrected chi connectivity index (χ2v) is 7.52. The van der Waals surface area contributed by atoms with E-state index in [0.717, 1.165) is 22.2 Å². The van der Waals surface area contributed by atoms with Gasteiger partial charge in [0.15, 0.2) is 12.2 Å². The van der Waals surface area contributed by atoms with E-state index in [-0.39, 0.29) is 12.5 Å². The van der Waals surface area contributed by atoms with Crippen molar-refractivity contribution >= 4 is 28.6 Å². The van der Waals surface area contributed by atoms with Crippen LogP contribution in [0.1, 0.15) is 16.7 Å². The SMILES string of the molecule is Cc1cc2nc(-c3ccc(CNC(=O)COc4ccccc4Cl)cc3)oc2cc1C. The number of carbonyl (C=O) groups is 1. The summed E-state index contributed by atoms with van der Waals surface area (Å²) < 4.78 is 11.3. The first-order chi connectivity index (χ1) is 14.5. The van der Waals surface area contributed by atoms with Gasteiger partial charge in [0.25, 0.3) is 5.91 Å². The summed E-state index contributed by atoms with van der Waals surface area (Å²) >= 11 is 6.02. The van der Waals surface area contributed by atoms with E-state index in [0.29, 0.717) is 23.2 Å². The van der Waals surface area contributed by atoms with Gasteiger partial charge >= 0.3 is 0 Å². The lowest BCUT2D eigenvalue weighted by Crippen LogP contribution is -2.28. The average Bonchev–Trinajstić information content (AvgIpc) is 3.15. The van der Waals surface area contributed by atoms with Gasteiger partial charge in [0.05, 0.1) is 5.02 Å². The number of hydrogen-bond acceptors (Lipinski definition) is 4. The smallest absolute Gasteiger partial charge is 0.258 e. The second kappa shape index (κ2) is 8.59. The minimum Gasteiger partial charge on any atom is -0.482 e. The normalized spacial score (nSPS) is 10.9. The maximum absolute atomic E-state index is 12.0. The molecule has 3 aromatic carbocycles. The minimum absolute atomic E-state index is 0.0937. The van der Waals surface area contributed by atoms with Gasteiger partial charge in [-0.2, -0.15) is 0 Å². The third kappa shape index (κ3) is 4.47. The molecule has 30 heavy (non-hydrogen) atoms. The van der Waals surface area contributed by atoms with Crippen molar-refractivity contribution in [3.05, 3.63) is 82.4 Å². The van der Waals surface area contributed by atoms with E-state index < -0.39 is 0 Å². The van der Waals surface area contributed by atoms with Gasteiger partial charge in [-0.1, -0.05) is 35.9 Å². The Bertz CT molecular complexity index is 1160. The van der Waals surface area contributed by atoms with Crippen LogP contribution in [0, 0.1) is 13.8 Å². The van der Waals surface area contributed by atoms with Gasteiger partial charge in [0.2, 0.25) is 5.89 Å². The molecule has 6 heteroatoms. The largest absolute Gasteiger partial charge is 0.482 e. The van der Waals surface area contributed by atoms with E-state index in [9.17, 15) is 4.79 Å². The molecule has 4 aromatic rings. The van der Waals surface area contributed by atoms with Gasteiger partial charge < -0.3 is 14.5 Å². The molecular formula is C24H21ClN2O3. The number of halogens is 1. The molecule has 1 amide bonds. The van der Waals surface area contributed by atoms with Gasteiger partial charge in [-0.15, -0.1) is 0 Å². The molecule has 0 atom stereocenters. The average molecular weight is 421 g/mol. The lowest BCUT2D eigenvalue weighted by atomic mass is 10.1. The van der Waals surface area contributed by atoms with E-state index in [1.807, 2.05) is 42.5 Å². The Labute approximate surface area is 179 Å². The zero-order valence-electron chi connectivity index (χ0n) is 16.7. The molecule has 1 aromatic heterocycles. The summed E-state index contributed by atoms with van der Waals surface area (Å²) in [6.45, 7) is 4.42. The molecular weight excluding hydrogens is 400 g/mol. The Morgan fingerprint density at radius 2 is 1.80 bits per heavy atom. The molecule has 0 spiro atoms. The molecule has 0 aliphatic carbocycles. The number of oxazole rings is 1. The van der Waals surface area contributed by atoms with Crippen LogP contribution in [0.5, 0.6) is 5.75 Å². The number of aromatic nitrogens is 1. The molecule has 152 valence electrons. The molecule has 0 aliphatic rings. The van der Waals surface area contributed by atoms with Crippen molar-refractivity contribution < 1.29 is 13.9 Å². The van der Waals surface area contributed by atoms with Crippen molar-refractivity contribution in [3.63, 3.8) is 0 Å². The molecule has 0 fully saturated rings. The number of benzene rings is 3. The van der Waals surface area contributed by atoms with E-state index in [4.69, 9.17) is 20.8 Å². The number of rotatable bonds is 6. The molecule has 0 aliphatic heterocycles.